The average Bonchev–Trinajstić information content (AvgIpc) is 2.37. The molecule has 0 aliphatic heterocycles. The first-order valence-electron chi connectivity index (χ1n) is 4.86. The van der Waals surface area contributed by atoms with Gasteiger partial charge >= 0.3 is 0 Å². The molecule has 0 spiro atoms. The number of aromatic nitrogens is 2. The minimum atomic E-state index is 0.779. The van der Waals surface area contributed by atoms with E-state index >= 15 is 0 Å². The maximum atomic E-state index is 4.35. The number of nitrogens with zero attached hydrogens (tertiary/aromatic N) is 2. The lowest BCUT2D eigenvalue weighted by Crippen LogP contribution is -2.09. The third-order valence-electron chi connectivity index (χ3n) is 2.26. The smallest absolute Gasteiger partial charge is 0.0655 e. The SMILES string of the molecule is CC.Cn1ccc(C2CCC2)n1. The number of hydrogen-bond donors (Lipinski definition) is 0. The minimum absolute atomic E-state index is 0.779. The summed E-state index contributed by atoms with van der Waals surface area (Å²) in [5.74, 6) is 0.779. The largest absolute Gasteiger partial charge is 0.276 e. The van der Waals surface area contributed by atoms with Crippen LogP contribution >= 0.6 is 0 Å². The quantitative estimate of drug-likeness (QED) is 0.627. The van der Waals surface area contributed by atoms with Crippen molar-refractivity contribution in [2.75, 3.05) is 0 Å². The molecule has 2 rings (SSSR count). The summed E-state index contributed by atoms with van der Waals surface area (Å²) in [5.41, 5.74) is 1.29. The highest BCUT2D eigenvalue weighted by Crippen LogP contribution is 2.34. The van der Waals surface area contributed by atoms with Crippen LogP contribution in [0.2, 0.25) is 0 Å². The zero-order valence-corrected chi connectivity index (χ0v) is 8.25. The van der Waals surface area contributed by atoms with Gasteiger partial charge in [0.25, 0.3) is 0 Å². The van der Waals surface area contributed by atoms with Gasteiger partial charge in [0.1, 0.15) is 0 Å². The Kier molecular flexibility index (Phi) is 3.32. The molecule has 0 aromatic carbocycles. The van der Waals surface area contributed by atoms with Crippen LogP contribution in [0.15, 0.2) is 12.3 Å². The van der Waals surface area contributed by atoms with E-state index in [2.05, 4.69) is 11.2 Å². The third kappa shape index (κ3) is 1.87. The first kappa shape index (κ1) is 9.30. The van der Waals surface area contributed by atoms with E-state index in [-0.39, 0.29) is 0 Å². The van der Waals surface area contributed by atoms with Crippen molar-refractivity contribution in [1.82, 2.24) is 9.78 Å². The Labute approximate surface area is 74.6 Å². The Morgan fingerprint density at radius 1 is 1.42 bits per heavy atom. The van der Waals surface area contributed by atoms with Gasteiger partial charge in [0, 0.05) is 19.2 Å². The van der Waals surface area contributed by atoms with Gasteiger partial charge in [0.15, 0.2) is 0 Å². The molecule has 0 radical (unpaired) electrons. The molecule has 0 atom stereocenters. The van der Waals surface area contributed by atoms with Gasteiger partial charge in [0.05, 0.1) is 5.69 Å². The molecule has 1 aromatic rings. The van der Waals surface area contributed by atoms with Crippen LogP contribution in [0.3, 0.4) is 0 Å². The standard InChI is InChI=1S/C8H12N2.C2H6/c1-10-6-5-8(9-10)7-3-2-4-7;1-2/h5-7H,2-4H2,1H3;1-2H3. The lowest BCUT2D eigenvalue weighted by Gasteiger charge is -2.22. The summed E-state index contributed by atoms with van der Waals surface area (Å²) in [6, 6.07) is 2.13. The second-order valence-corrected chi connectivity index (χ2v) is 3.04. The highest BCUT2D eigenvalue weighted by molar-refractivity contribution is 5.08. The molecule has 0 unspecified atom stereocenters. The fraction of sp³-hybridized carbons (Fsp3) is 0.700. The number of hydrogen-bond acceptors (Lipinski definition) is 1. The Hall–Kier alpha value is -0.790. The summed E-state index contributed by atoms with van der Waals surface area (Å²) in [6.45, 7) is 4.00. The van der Waals surface area contributed by atoms with Crippen LogP contribution in [0, 0.1) is 0 Å². The van der Waals surface area contributed by atoms with Crippen molar-refractivity contribution < 1.29 is 0 Å². The van der Waals surface area contributed by atoms with Crippen molar-refractivity contribution in [3.63, 3.8) is 0 Å². The highest BCUT2D eigenvalue weighted by Gasteiger charge is 2.20. The van der Waals surface area contributed by atoms with Crippen molar-refractivity contribution >= 4 is 0 Å². The predicted octanol–water partition coefficient (Wildman–Crippen LogP) is 2.71. The van der Waals surface area contributed by atoms with Crippen molar-refractivity contribution in [2.45, 2.75) is 39.0 Å². The number of aryl methyl sites for hydroxylation is 1. The minimum Gasteiger partial charge on any atom is -0.276 e. The topological polar surface area (TPSA) is 17.8 Å². The van der Waals surface area contributed by atoms with Gasteiger partial charge in [-0.1, -0.05) is 20.3 Å². The Morgan fingerprint density at radius 3 is 2.42 bits per heavy atom. The third-order valence-corrected chi connectivity index (χ3v) is 2.26. The molecule has 0 saturated heterocycles. The fourth-order valence-corrected chi connectivity index (χ4v) is 1.35. The molecule has 12 heavy (non-hydrogen) atoms. The van der Waals surface area contributed by atoms with E-state index in [1.54, 1.807) is 0 Å². The molecule has 0 N–H and O–H groups in total. The van der Waals surface area contributed by atoms with Gasteiger partial charge in [-0.3, -0.25) is 4.68 Å². The summed E-state index contributed by atoms with van der Waals surface area (Å²) in [4.78, 5) is 0. The average molecular weight is 166 g/mol. The van der Waals surface area contributed by atoms with Crippen molar-refractivity contribution in [3.8, 4) is 0 Å². The molecule has 1 fully saturated rings. The molecule has 1 saturated carbocycles. The fourth-order valence-electron chi connectivity index (χ4n) is 1.35. The maximum absolute atomic E-state index is 4.35. The van der Waals surface area contributed by atoms with Crippen LogP contribution in [0.4, 0.5) is 0 Å². The first-order valence-corrected chi connectivity index (χ1v) is 4.86. The van der Waals surface area contributed by atoms with E-state index in [0.717, 1.165) is 5.92 Å². The van der Waals surface area contributed by atoms with Crippen LogP contribution in [0.5, 0.6) is 0 Å². The molecule has 1 aliphatic carbocycles. The molecule has 2 nitrogen and oxygen atoms in total. The molecule has 1 heterocycles. The molecule has 0 bridgehead atoms. The van der Waals surface area contributed by atoms with E-state index < -0.39 is 0 Å². The van der Waals surface area contributed by atoms with Gasteiger partial charge in [0.2, 0.25) is 0 Å². The molecule has 1 aromatic heterocycles. The van der Waals surface area contributed by atoms with Crippen LogP contribution in [-0.2, 0) is 7.05 Å². The maximum Gasteiger partial charge on any atom is 0.0655 e. The van der Waals surface area contributed by atoms with Crippen molar-refractivity contribution in [1.29, 1.82) is 0 Å². The zero-order valence-electron chi connectivity index (χ0n) is 8.25. The van der Waals surface area contributed by atoms with Gasteiger partial charge < -0.3 is 0 Å². The molecule has 2 heteroatoms. The van der Waals surface area contributed by atoms with Gasteiger partial charge in [-0.15, -0.1) is 0 Å². The van der Waals surface area contributed by atoms with Crippen LogP contribution in [0.25, 0.3) is 0 Å². The summed E-state index contributed by atoms with van der Waals surface area (Å²) >= 11 is 0. The van der Waals surface area contributed by atoms with Crippen LogP contribution in [0.1, 0.15) is 44.7 Å². The molecular formula is C10H18N2. The Morgan fingerprint density at radius 2 is 2.08 bits per heavy atom. The lowest BCUT2D eigenvalue weighted by atomic mass is 9.83. The summed E-state index contributed by atoms with van der Waals surface area (Å²) in [6.07, 6.45) is 6.10. The second kappa shape index (κ2) is 4.29. The van der Waals surface area contributed by atoms with Crippen LogP contribution < -0.4 is 0 Å². The Balaban J connectivity index is 0.000000336. The van der Waals surface area contributed by atoms with E-state index in [0.29, 0.717) is 0 Å². The summed E-state index contributed by atoms with van der Waals surface area (Å²) in [7, 11) is 1.97. The summed E-state index contributed by atoms with van der Waals surface area (Å²) < 4.78 is 1.88. The first-order chi connectivity index (χ1) is 5.86. The normalized spacial score (nSPS) is 16.2. The highest BCUT2D eigenvalue weighted by atomic mass is 15.2. The van der Waals surface area contributed by atoms with E-state index in [9.17, 15) is 0 Å². The predicted molar refractivity (Wildman–Crippen MR) is 51.1 cm³/mol. The van der Waals surface area contributed by atoms with Gasteiger partial charge in [-0.05, 0) is 18.9 Å². The lowest BCUT2D eigenvalue weighted by molar-refractivity contribution is 0.408. The molecule has 68 valence electrons. The van der Waals surface area contributed by atoms with E-state index in [1.165, 1.54) is 25.0 Å². The van der Waals surface area contributed by atoms with Crippen LogP contribution in [-0.4, -0.2) is 9.78 Å². The monoisotopic (exact) mass is 166 g/mol. The van der Waals surface area contributed by atoms with E-state index in [1.807, 2.05) is 31.8 Å². The molecule has 0 amide bonds. The van der Waals surface area contributed by atoms with Crippen molar-refractivity contribution in [2.24, 2.45) is 7.05 Å². The molecular weight excluding hydrogens is 148 g/mol. The number of rotatable bonds is 1. The van der Waals surface area contributed by atoms with Gasteiger partial charge in [-0.25, -0.2) is 0 Å². The van der Waals surface area contributed by atoms with Gasteiger partial charge in [-0.2, -0.15) is 5.10 Å². The van der Waals surface area contributed by atoms with Crippen molar-refractivity contribution in [3.05, 3.63) is 18.0 Å². The van der Waals surface area contributed by atoms with E-state index in [4.69, 9.17) is 0 Å². The zero-order chi connectivity index (χ0) is 8.97. The summed E-state index contributed by atoms with van der Waals surface area (Å²) in [5, 5.41) is 4.35. The second-order valence-electron chi connectivity index (χ2n) is 3.04. The molecule has 1 aliphatic rings. The Bertz CT molecular complexity index is 223.